The summed E-state index contributed by atoms with van der Waals surface area (Å²) in [6.07, 6.45) is 9.82. The first kappa shape index (κ1) is 25.3. The van der Waals surface area contributed by atoms with E-state index in [1.807, 2.05) is 12.1 Å². The molecule has 1 atom stereocenters. The van der Waals surface area contributed by atoms with E-state index < -0.39 is 0 Å². The molecule has 0 radical (unpaired) electrons. The Morgan fingerprint density at radius 1 is 1.19 bits per heavy atom. The van der Waals surface area contributed by atoms with Crippen LogP contribution >= 0.6 is 0 Å². The van der Waals surface area contributed by atoms with E-state index in [0.29, 0.717) is 24.3 Å². The number of likely N-dealkylation sites (tertiary alicyclic amines) is 1. The molecule has 4 heteroatoms. The molecule has 1 amide bonds. The van der Waals surface area contributed by atoms with E-state index in [0.717, 1.165) is 70.3 Å². The number of amides is 1. The normalized spacial score (nSPS) is 17.5. The van der Waals surface area contributed by atoms with Crippen LogP contribution in [0, 0.1) is 11.8 Å². The zero-order valence-corrected chi connectivity index (χ0v) is 20.5. The topological polar surface area (TPSA) is 32.8 Å². The number of allylic oxidation sites excluding steroid dienone is 2. The van der Waals surface area contributed by atoms with Gasteiger partial charge in [-0.05, 0) is 55.6 Å². The number of hydrogen-bond donors (Lipinski definition) is 0. The third-order valence-electron chi connectivity index (χ3n) is 6.50. The van der Waals surface area contributed by atoms with Crippen LogP contribution in [0.5, 0.6) is 5.75 Å². The summed E-state index contributed by atoms with van der Waals surface area (Å²) < 4.78 is 5.50. The van der Waals surface area contributed by atoms with E-state index in [1.54, 1.807) is 7.11 Å². The summed E-state index contributed by atoms with van der Waals surface area (Å²) in [6, 6.07) is 8.26. The average Bonchev–Trinajstić information content (AvgIpc) is 3.17. The highest BCUT2D eigenvalue weighted by atomic mass is 16.5. The van der Waals surface area contributed by atoms with E-state index in [2.05, 4.69) is 55.7 Å². The zero-order valence-electron chi connectivity index (χ0n) is 20.5. The predicted molar refractivity (Wildman–Crippen MR) is 130 cm³/mol. The monoisotopic (exact) mass is 428 g/mol. The van der Waals surface area contributed by atoms with Crippen molar-refractivity contribution in [3.8, 4) is 5.75 Å². The van der Waals surface area contributed by atoms with Crippen molar-refractivity contribution in [3.63, 3.8) is 0 Å². The van der Waals surface area contributed by atoms with Crippen molar-refractivity contribution < 1.29 is 9.53 Å². The number of para-hydroxylation sites is 1. The van der Waals surface area contributed by atoms with Crippen LogP contribution in [-0.4, -0.2) is 49.0 Å². The molecule has 0 saturated carbocycles. The van der Waals surface area contributed by atoms with Crippen molar-refractivity contribution in [2.24, 2.45) is 11.8 Å². The summed E-state index contributed by atoms with van der Waals surface area (Å²) in [5.41, 5.74) is 2.60. The molecule has 0 spiro atoms. The SMILES string of the molecule is CCCCN(CCCC)C(=O)CN1CC(C(C)C)C/C1=C\CCc1ccccc1OC. The Balaban J connectivity index is 2.05. The van der Waals surface area contributed by atoms with Gasteiger partial charge in [-0.2, -0.15) is 0 Å². The van der Waals surface area contributed by atoms with E-state index in [1.165, 1.54) is 11.3 Å². The number of carbonyl (C=O) groups is 1. The third kappa shape index (κ3) is 7.90. The molecule has 31 heavy (non-hydrogen) atoms. The molecule has 0 aliphatic carbocycles. The van der Waals surface area contributed by atoms with Gasteiger partial charge in [0.05, 0.1) is 13.7 Å². The number of unbranched alkanes of at least 4 members (excludes halogenated alkanes) is 2. The van der Waals surface area contributed by atoms with Crippen molar-refractivity contribution in [2.45, 2.75) is 72.6 Å². The first-order valence-corrected chi connectivity index (χ1v) is 12.3. The molecule has 1 saturated heterocycles. The lowest BCUT2D eigenvalue weighted by Gasteiger charge is -2.27. The molecule has 1 aromatic carbocycles. The molecule has 4 nitrogen and oxygen atoms in total. The summed E-state index contributed by atoms with van der Waals surface area (Å²) in [5.74, 6) is 2.52. The first-order valence-electron chi connectivity index (χ1n) is 12.3. The van der Waals surface area contributed by atoms with E-state index >= 15 is 0 Å². The van der Waals surface area contributed by atoms with Crippen molar-refractivity contribution in [2.75, 3.05) is 33.3 Å². The van der Waals surface area contributed by atoms with Gasteiger partial charge in [-0.15, -0.1) is 0 Å². The Morgan fingerprint density at radius 3 is 2.48 bits per heavy atom. The minimum absolute atomic E-state index is 0.293. The number of hydrogen-bond acceptors (Lipinski definition) is 3. The van der Waals surface area contributed by atoms with Gasteiger partial charge in [-0.25, -0.2) is 0 Å². The van der Waals surface area contributed by atoms with Crippen LogP contribution in [0.15, 0.2) is 36.0 Å². The van der Waals surface area contributed by atoms with Gasteiger partial charge in [0.25, 0.3) is 0 Å². The number of carbonyl (C=O) groups excluding carboxylic acids is 1. The van der Waals surface area contributed by atoms with Gasteiger partial charge in [0.2, 0.25) is 5.91 Å². The number of aryl methyl sites for hydroxylation is 1. The Bertz CT molecular complexity index is 690. The molecule has 1 fully saturated rings. The van der Waals surface area contributed by atoms with Gasteiger partial charge in [-0.1, -0.05) is 64.8 Å². The van der Waals surface area contributed by atoms with Gasteiger partial charge < -0.3 is 14.5 Å². The Hall–Kier alpha value is -1.97. The smallest absolute Gasteiger partial charge is 0.242 e. The lowest BCUT2D eigenvalue weighted by molar-refractivity contribution is -0.132. The van der Waals surface area contributed by atoms with Gasteiger partial charge >= 0.3 is 0 Å². The largest absolute Gasteiger partial charge is 0.496 e. The summed E-state index contributed by atoms with van der Waals surface area (Å²) >= 11 is 0. The van der Waals surface area contributed by atoms with Crippen LogP contribution in [0.2, 0.25) is 0 Å². The van der Waals surface area contributed by atoms with Crippen LogP contribution in [0.1, 0.15) is 71.8 Å². The Morgan fingerprint density at radius 2 is 1.87 bits per heavy atom. The van der Waals surface area contributed by atoms with E-state index in [-0.39, 0.29) is 0 Å². The minimum atomic E-state index is 0.293. The van der Waals surface area contributed by atoms with Crippen LogP contribution in [0.3, 0.4) is 0 Å². The highest BCUT2D eigenvalue weighted by Gasteiger charge is 2.30. The van der Waals surface area contributed by atoms with Crippen molar-refractivity contribution in [1.29, 1.82) is 0 Å². The van der Waals surface area contributed by atoms with Crippen LogP contribution < -0.4 is 4.74 Å². The summed E-state index contributed by atoms with van der Waals surface area (Å²) in [6.45, 7) is 12.3. The van der Waals surface area contributed by atoms with Crippen molar-refractivity contribution in [3.05, 3.63) is 41.6 Å². The number of methoxy groups -OCH3 is 1. The van der Waals surface area contributed by atoms with Crippen molar-refractivity contribution >= 4 is 5.91 Å². The molecular formula is C27H44N2O2. The molecule has 1 aliphatic heterocycles. The van der Waals surface area contributed by atoms with Gasteiger partial charge in [-0.3, -0.25) is 4.79 Å². The summed E-state index contributed by atoms with van der Waals surface area (Å²) in [5, 5.41) is 0. The zero-order chi connectivity index (χ0) is 22.6. The second-order valence-electron chi connectivity index (χ2n) is 9.22. The number of nitrogens with zero attached hydrogens (tertiary/aromatic N) is 2. The standard InChI is InChI=1S/C27H44N2O2/c1-6-8-17-28(18-9-7-2)27(30)21-29-20-24(22(3)4)19-25(29)15-12-14-23-13-10-11-16-26(23)31-5/h10-11,13,15-16,22,24H,6-9,12,14,17-21H2,1-5H3/b25-15+. The maximum absolute atomic E-state index is 13.2. The van der Waals surface area contributed by atoms with Gasteiger partial charge in [0, 0.05) is 25.3 Å². The fourth-order valence-electron chi connectivity index (χ4n) is 4.31. The number of benzene rings is 1. The first-order chi connectivity index (χ1) is 15.0. The molecule has 1 aliphatic rings. The summed E-state index contributed by atoms with van der Waals surface area (Å²) in [4.78, 5) is 17.6. The van der Waals surface area contributed by atoms with Gasteiger partial charge in [0.1, 0.15) is 5.75 Å². The molecule has 0 aromatic heterocycles. The highest BCUT2D eigenvalue weighted by Crippen LogP contribution is 2.32. The Kier molecular flexibility index (Phi) is 11.0. The fourth-order valence-corrected chi connectivity index (χ4v) is 4.31. The van der Waals surface area contributed by atoms with E-state index in [4.69, 9.17) is 4.74 Å². The van der Waals surface area contributed by atoms with E-state index in [9.17, 15) is 4.79 Å². The molecule has 0 bridgehead atoms. The molecule has 1 aromatic rings. The van der Waals surface area contributed by atoms with Crippen molar-refractivity contribution in [1.82, 2.24) is 9.80 Å². The Labute approximate surface area is 190 Å². The lowest BCUT2D eigenvalue weighted by Crippen LogP contribution is -2.40. The predicted octanol–water partition coefficient (Wildman–Crippen LogP) is 5.92. The number of rotatable bonds is 13. The molecule has 1 heterocycles. The maximum atomic E-state index is 13.2. The van der Waals surface area contributed by atoms with Crippen LogP contribution in [-0.2, 0) is 11.2 Å². The molecular weight excluding hydrogens is 384 g/mol. The fraction of sp³-hybridized carbons (Fsp3) is 0.667. The quantitative estimate of drug-likeness (QED) is 0.391. The average molecular weight is 429 g/mol. The van der Waals surface area contributed by atoms with Crippen LogP contribution in [0.25, 0.3) is 0 Å². The van der Waals surface area contributed by atoms with Gasteiger partial charge in [0.15, 0.2) is 0 Å². The van der Waals surface area contributed by atoms with Crippen LogP contribution in [0.4, 0.5) is 0 Å². The second kappa shape index (κ2) is 13.4. The third-order valence-corrected chi connectivity index (χ3v) is 6.50. The molecule has 0 N–H and O–H groups in total. The molecule has 1 unspecified atom stereocenters. The maximum Gasteiger partial charge on any atom is 0.242 e. The molecule has 2 rings (SSSR count). The second-order valence-corrected chi connectivity index (χ2v) is 9.22. The highest BCUT2D eigenvalue weighted by molar-refractivity contribution is 5.78. The summed E-state index contributed by atoms with van der Waals surface area (Å²) in [7, 11) is 1.73. The molecule has 174 valence electrons. The lowest BCUT2D eigenvalue weighted by atomic mass is 9.94. The number of ether oxygens (including phenoxy) is 1. The minimum Gasteiger partial charge on any atom is -0.496 e.